The lowest BCUT2D eigenvalue weighted by Gasteiger charge is -2.17. The molecule has 9 heteroatoms. The van der Waals surface area contributed by atoms with E-state index in [1.54, 1.807) is 67.8 Å². The number of ether oxygens (including phenoxy) is 1. The predicted octanol–water partition coefficient (Wildman–Crippen LogP) is 6.75. The van der Waals surface area contributed by atoms with Gasteiger partial charge in [0.25, 0.3) is 11.8 Å². The smallest absolute Gasteiger partial charge is 0.272 e. The second-order valence-corrected chi connectivity index (χ2v) is 10.4. The monoisotopic (exact) mass is 583 g/mol. The summed E-state index contributed by atoms with van der Waals surface area (Å²) in [4.78, 5) is 40.0. The molecule has 4 aromatic rings. The quantitative estimate of drug-likeness (QED) is 0.134. The molecule has 0 heterocycles. The number of hydrogen-bond donors (Lipinski definition) is 3. The number of nitrogens with one attached hydrogen (secondary N) is 3. The number of methoxy groups -OCH3 is 1. The summed E-state index contributed by atoms with van der Waals surface area (Å²) in [5.74, 6) is -1.04. The van der Waals surface area contributed by atoms with Gasteiger partial charge in [0.15, 0.2) is 0 Å². The first-order valence-electron chi connectivity index (χ1n) is 13.2. The van der Waals surface area contributed by atoms with Crippen molar-refractivity contribution in [1.82, 2.24) is 5.32 Å². The van der Waals surface area contributed by atoms with E-state index in [1.165, 1.54) is 42.1 Å². The SMILES string of the molecule is CCC(Sc1cccc(NC(=O)/C(=C/c2ccc(F)cc2)NC(=O)c2ccccc2)c1)C(=O)Nc1ccccc1OC. The highest BCUT2D eigenvalue weighted by Crippen LogP contribution is 2.30. The van der Waals surface area contributed by atoms with Crippen LogP contribution in [0.15, 0.2) is 114 Å². The van der Waals surface area contributed by atoms with Crippen molar-refractivity contribution in [2.24, 2.45) is 0 Å². The third-order valence-corrected chi connectivity index (χ3v) is 7.47. The van der Waals surface area contributed by atoms with Crippen LogP contribution in [-0.4, -0.2) is 30.1 Å². The molecular weight excluding hydrogens is 553 g/mol. The van der Waals surface area contributed by atoms with Gasteiger partial charge in [0.1, 0.15) is 17.3 Å². The van der Waals surface area contributed by atoms with E-state index in [4.69, 9.17) is 4.74 Å². The van der Waals surface area contributed by atoms with Gasteiger partial charge in [-0.05, 0) is 72.7 Å². The maximum absolute atomic E-state index is 13.4. The van der Waals surface area contributed by atoms with Crippen LogP contribution in [0.2, 0.25) is 0 Å². The Bertz CT molecular complexity index is 1580. The molecule has 42 heavy (non-hydrogen) atoms. The van der Waals surface area contributed by atoms with Crippen LogP contribution >= 0.6 is 11.8 Å². The molecule has 0 aliphatic heterocycles. The van der Waals surface area contributed by atoms with Gasteiger partial charge in [0.05, 0.1) is 18.0 Å². The van der Waals surface area contributed by atoms with E-state index in [1.807, 2.05) is 25.1 Å². The van der Waals surface area contributed by atoms with E-state index >= 15 is 0 Å². The van der Waals surface area contributed by atoms with Gasteiger partial charge >= 0.3 is 0 Å². The molecule has 0 saturated carbocycles. The maximum atomic E-state index is 13.4. The number of hydrogen-bond acceptors (Lipinski definition) is 5. The molecule has 0 aromatic heterocycles. The fourth-order valence-corrected chi connectivity index (χ4v) is 4.97. The van der Waals surface area contributed by atoms with E-state index in [9.17, 15) is 18.8 Å². The molecule has 4 aromatic carbocycles. The van der Waals surface area contributed by atoms with Crippen molar-refractivity contribution < 1.29 is 23.5 Å². The number of para-hydroxylation sites is 2. The number of rotatable bonds is 11. The number of benzene rings is 4. The van der Waals surface area contributed by atoms with Crippen LogP contribution in [0, 0.1) is 5.82 Å². The maximum Gasteiger partial charge on any atom is 0.272 e. The fourth-order valence-electron chi connectivity index (χ4n) is 3.96. The van der Waals surface area contributed by atoms with E-state index in [2.05, 4.69) is 16.0 Å². The molecule has 3 amide bonds. The summed E-state index contributed by atoms with van der Waals surface area (Å²) in [6.07, 6.45) is 2.04. The number of thioether (sulfide) groups is 1. The molecule has 4 rings (SSSR count). The van der Waals surface area contributed by atoms with Crippen LogP contribution in [0.3, 0.4) is 0 Å². The molecule has 1 atom stereocenters. The lowest BCUT2D eigenvalue weighted by molar-refractivity contribution is -0.116. The fraction of sp³-hybridized carbons (Fsp3) is 0.121. The van der Waals surface area contributed by atoms with Crippen LogP contribution in [0.25, 0.3) is 6.08 Å². The summed E-state index contributed by atoms with van der Waals surface area (Å²) < 4.78 is 18.8. The van der Waals surface area contributed by atoms with Crippen molar-refractivity contribution in [3.8, 4) is 5.75 Å². The average Bonchev–Trinajstić information content (AvgIpc) is 3.01. The van der Waals surface area contributed by atoms with Crippen molar-refractivity contribution in [3.05, 3.63) is 126 Å². The van der Waals surface area contributed by atoms with E-state index in [-0.39, 0.29) is 11.6 Å². The van der Waals surface area contributed by atoms with Gasteiger partial charge in [-0.25, -0.2) is 4.39 Å². The molecule has 0 bridgehead atoms. The Labute approximate surface area is 248 Å². The summed E-state index contributed by atoms with van der Waals surface area (Å²) in [5.41, 5.74) is 1.96. The highest BCUT2D eigenvalue weighted by atomic mass is 32.2. The average molecular weight is 584 g/mol. The van der Waals surface area contributed by atoms with Gasteiger partial charge in [0, 0.05) is 16.1 Å². The third kappa shape index (κ3) is 8.31. The first kappa shape index (κ1) is 30.1. The number of carbonyl (C=O) groups excluding carboxylic acids is 3. The molecule has 0 fully saturated rings. The van der Waals surface area contributed by atoms with Crippen molar-refractivity contribution in [1.29, 1.82) is 0 Å². The van der Waals surface area contributed by atoms with Crippen LogP contribution in [0.5, 0.6) is 5.75 Å². The topological polar surface area (TPSA) is 96.5 Å². The Kier molecular flexibility index (Phi) is 10.5. The van der Waals surface area contributed by atoms with Crippen molar-refractivity contribution in [3.63, 3.8) is 0 Å². The Hall–Kier alpha value is -4.89. The molecule has 0 radical (unpaired) electrons. The summed E-state index contributed by atoms with van der Waals surface area (Å²) in [6, 6.07) is 28.4. The second kappa shape index (κ2) is 14.7. The van der Waals surface area contributed by atoms with Gasteiger partial charge < -0.3 is 20.7 Å². The molecule has 0 saturated heterocycles. The molecule has 0 aliphatic rings. The number of amides is 3. The predicted molar refractivity (Wildman–Crippen MR) is 165 cm³/mol. The van der Waals surface area contributed by atoms with Crippen LogP contribution in [-0.2, 0) is 9.59 Å². The van der Waals surface area contributed by atoms with Crippen molar-refractivity contribution in [2.75, 3.05) is 17.7 Å². The highest BCUT2D eigenvalue weighted by Gasteiger charge is 2.20. The molecule has 0 aliphatic carbocycles. The zero-order valence-corrected chi connectivity index (χ0v) is 23.9. The van der Waals surface area contributed by atoms with E-state index in [0.717, 1.165) is 4.90 Å². The zero-order valence-electron chi connectivity index (χ0n) is 23.1. The Balaban J connectivity index is 1.50. The normalized spacial score (nSPS) is 11.7. The van der Waals surface area contributed by atoms with Gasteiger partial charge in [-0.1, -0.05) is 55.5 Å². The zero-order chi connectivity index (χ0) is 29.9. The second-order valence-electron chi connectivity index (χ2n) is 9.12. The molecule has 3 N–H and O–H groups in total. The molecule has 1 unspecified atom stereocenters. The highest BCUT2D eigenvalue weighted by molar-refractivity contribution is 8.00. The minimum absolute atomic E-state index is 0.0175. The lowest BCUT2D eigenvalue weighted by atomic mass is 10.1. The first-order valence-corrected chi connectivity index (χ1v) is 14.1. The van der Waals surface area contributed by atoms with Gasteiger partial charge in [-0.3, -0.25) is 14.4 Å². The molecule has 7 nitrogen and oxygen atoms in total. The first-order chi connectivity index (χ1) is 20.4. The van der Waals surface area contributed by atoms with Gasteiger partial charge in [0.2, 0.25) is 5.91 Å². The third-order valence-electron chi connectivity index (χ3n) is 6.11. The molecule has 0 spiro atoms. The van der Waals surface area contributed by atoms with E-state index < -0.39 is 22.9 Å². The molecular formula is C33H30FN3O4S. The number of anilines is 2. The minimum atomic E-state index is -0.563. The van der Waals surface area contributed by atoms with Crippen LogP contribution < -0.4 is 20.7 Å². The standard InChI is InChI=1S/C33H30FN3O4S/c1-3-30(33(40)36-27-14-7-8-15-29(27)41-2)42-26-13-9-12-25(21-26)35-32(39)28(20-22-16-18-24(34)19-17-22)37-31(38)23-10-5-4-6-11-23/h4-21,30H,3H2,1-2H3,(H,35,39)(H,36,40)(H,37,38)/b28-20-. The summed E-state index contributed by atoms with van der Waals surface area (Å²) in [6.45, 7) is 1.92. The van der Waals surface area contributed by atoms with Crippen LogP contribution in [0.1, 0.15) is 29.3 Å². The Morgan fingerprint density at radius 1 is 0.881 bits per heavy atom. The van der Waals surface area contributed by atoms with E-state index in [0.29, 0.717) is 34.7 Å². The summed E-state index contributed by atoms with van der Waals surface area (Å²) in [5, 5.41) is 8.01. The largest absolute Gasteiger partial charge is 0.495 e. The number of halogens is 1. The number of carbonyl (C=O) groups is 3. The van der Waals surface area contributed by atoms with Gasteiger partial charge in [-0.15, -0.1) is 11.8 Å². The van der Waals surface area contributed by atoms with Crippen molar-refractivity contribution in [2.45, 2.75) is 23.5 Å². The van der Waals surface area contributed by atoms with Crippen molar-refractivity contribution >= 4 is 46.9 Å². The Morgan fingerprint density at radius 2 is 1.60 bits per heavy atom. The Morgan fingerprint density at radius 3 is 2.31 bits per heavy atom. The van der Waals surface area contributed by atoms with Gasteiger partial charge in [-0.2, -0.15) is 0 Å². The minimum Gasteiger partial charge on any atom is -0.495 e. The summed E-state index contributed by atoms with van der Waals surface area (Å²) >= 11 is 1.37. The lowest BCUT2D eigenvalue weighted by Crippen LogP contribution is -2.30. The summed E-state index contributed by atoms with van der Waals surface area (Å²) in [7, 11) is 1.55. The van der Waals surface area contributed by atoms with Crippen LogP contribution in [0.4, 0.5) is 15.8 Å². The molecule has 214 valence electrons.